The molecule has 8 nitrogen and oxygen atoms in total. The molecule has 1 aromatic carbocycles. The van der Waals surface area contributed by atoms with E-state index < -0.39 is 11.2 Å². The van der Waals surface area contributed by atoms with Gasteiger partial charge in [0.2, 0.25) is 0 Å². The van der Waals surface area contributed by atoms with Crippen molar-refractivity contribution < 1.29 is 28.5 Å². The number of aromatic nitrogens is 1. The Morgan fingerprint density at radius 2 is 2.04 bits per heavy atom. The van der Waals surface area contributed by atoms with Gasteiger partial charge >= 0.3 is 0 Å². The van der Waals surface area contributed by atoms with Crippen molar-refractivity contribution in [2.45, 2.75) is 31.0 Å². The van der Waals surface area contributed by atoms with E-state index in [1.54, 1.807) is 37.3 Å². The third-order valence-electron chi connectivity index (χ3n) is 5.62. The number of nitrogens with zero attached hydrogens (tertiary/aromatic N) is 2. The lowest BCUT2D eigenvalue weighted by molar-refractivity contribution is -0.0957. The largest absolute Gasteiger partial charge is 0.493 e. The van der Waals surface area contributed by atoms with Crippen LogP contribution in [-0.2, 0) is 4.74 Å². The lowest BCUT2D eigenvalue weighted by Gasteiger charge is -2.47. The van der Waals surface area contributed by atoms with Gasteiger partial charge in [-0.3, -0.25) is 4.79 Å². The van der Waals surface area contributed by atoms with E-state index in [2.05, 4.69) is 4.98 Å². The maximum Gasteiger partial charge on any atom is 0.276 e. The van der Waals surface area contributed by atoms with Crippen LogP contribution in [0.5, 0.6) is 11.5 Å². The van der Waals surface area contributed by atoms with Crippen LogP contribution in [0.25, 0.3) is 11.3 Å². The Morgan fingerprint density at radius 3 is 2.68 bits per heavy atom. The van der Waals surface area contributed by atoms with Gasteiger partial charge in [0.15, 0.2) is 29.3 Å². The van der Waals surface area contributed by atoms with Crippen molar-refractivity contribution in [3.8, 4) is 22.8 Å². The molecule has 0 bridgehead atoms. The van der Waals surface area contributed by atoms with Gasteiger partial charge in [-0.15, -0.1) is 0 Å². The van der Waals surface area contributed by atoms with Crippen molar-refractivity contribution in [1.29, 1.82) is 0 Å². The Labute approximate surface area is 163 Å². The molecule has 2 fully saturated rings. The van der Waals surface area contributed by atoms with Crippen LogP contribution in [0.4, 0.5) is 0 Å². The van der Waals surface area contributed by atoms with Gasteiger partial charge in [-0.25, -0.2) is 4.98 Å². The number of benzene rings is 1. The summed E-state index contributed by atoms with van der Waals surface area (Å²) in [5.41, 5.74) is -0.335. The normalized spacial score (nSPS) is 22.9. The molecular weight excluding hydrogens is 364 g/mol. The molecule has 1 amide bonds. The smallest absolute Gasteiger partial charge is 0.276 e. The summed E-state index contributed by atoms with van der Waals surface area (Å²) in [6.45, 7) is 3.12. The Hall–Kier alpha value is -2.58. The van der Waals surface area contributed by atoms with Crippen molar-refractivity contribution >= 4 is 5.91 Å². The number of ether oxygens (including phenoxy) is 3. The van der Waals surface area contributed by atoms with E-state index >= 15 is 0 Å². The van der Waals surface area contributed by atoms with Crippen molar-refractivity contribution in [3.63, 3.8) is 0 Å². The molecule has 1 unspecified atom stereocenters. The number of hydrogen-bond donors (Lipinski definition) is 1. The summed E-state index contributed by atoms with van der Waals surface area (Å²) in [4.78, 5) is 18.8. The van der Waals surface area contributed by atoms with Gasteiger partial charge in [0.25, 0.3) is 5.91 Å². The first kappa shape index (κ1) is 18.8. The highest BCUT2D eigenvalue weighted by Gasteiger charge is 2.56. The third-order valence-corrected chi connectivity index (χ3v) is 5.62. The van der Waals surface area contributed by atoms with Crippen molar-refractivity contribution in [3.05, 3.63) is 30.3 Å². The van der Waals surface area contributed by atoms with Gasteiger partial charge in [-0.05, 0) is 24.6 Å². The predicted molar refractivity (Wildman–Crippen MR) is 99.5 cm³/mol. The van der Waals surface area contributed by atoms with E-state index in [-0.39, 0.29) is 11.6 Å². The minimum atomic E-state index is -0.798. The van der Waals surface area contributed by atoms with Crippen LogP contribution in [-0.4, -0.2) is 66.0 Å². The first-order valence-corrected chi connectivity index (χ1v) is 9.24. The molecule has 4 rings (SSSR count). The molecule has 2 aromatic rings. The van der Waals surface area contributed by atoms with Crippen molar-refractivity contribution in [2.24, 2.45) is 0 Å². The summed E-state index contributed by atoms with van der Waals surface area (Å²) < 4.78 is 21.9. The third kappa shape index (κ3) is 3.02. The number of carbonyl (C=O) groups excluding carboxylic acids is 1. The lowest BCUT2D eigenvalue weighted by Crippen LogP contribution is -2.63. The zero-order valence-corrected chi connectivity index (χ0v) is 16.2. The molecule has 0 aliphatic carbocycles. The van der Waals surface area contributed by atoms with Crippen LogP contribution >= 0.6 is 0 Å². The monoisotopic (exact) mass is 388 g/mol. The van der Waals surface area contributed by atoms with E-state index in [0.717, 1.165) is 0 Å². The zero-order chi connectivity index (χ0) is 19.9. The summed E-state index contributed by atoms with van der Waals surface area (Å²) in [7, 11) is 3.11. The average Bonchev–Trinajstić information content (AvgIpc) is 3.31. The minimum absolute atomic E-state index is 0.223. The second kappa shape index (κ2) is 6.79. The summed E-state index contributed by atoms with van der Waals surface area (Å²) in [6, 6.07) is 5.29. The van der Waals surface area contributed by atoms with E-state index in [1.165, 1.54) is 6.39 Å². The highest BCUT2D eigenvalue weighted by atomic mass is 16.5. The Kier molecular flexibility index (Phi) is 4.55. The molecule has 28 heavy (non-hydrogen) atoms. The molecule has 2 aliphatic rings. The quantitative estimate of drug-likeness (QED) is 0.838. The van der Waals surface area contributed by atoms with Gasteiger partial charge in [0.05, 0.1) is 39.5 Å². The first-order valence-electron chi connectivity index (χ1n) is 9.24. The topological polar surface area (TPSA) is 94.3 Å². The standard InChI is InChI=1S/C20H24N2O6/c1-4-19(24)8-20(28-11-19)9-22(10-20)18(23)16-17(27-12-21-16)13-5-6-14(25-2)15(7-13)26-3/h5-7,12,24H,4,8-11H2,1-3H3. The predicted octanol–water partition coefficient (Wildman–Crippen LogP) is 2.11. The molecule has 0 radical (unpaired) electrons. The van der Waals surface area contributed by atoms with E-state index in [4.69, 9.17) is 18.6 Å². The molecular formula is C20H24N2O6. The molecule has 2 saturated heterocycles. The maximum atomic E-state index is 13.0. The van der Waals surface area contributed by atoms with Crippen LogP contribution in [0.3, 0.4) is 0 Å². The number of oxazole rings is 1. The Bertz CT molecular complexity index is 889. The molecule has 1 aromatic heterocycles. The second-order valence-corrected chi connectivity index (χ2v) is 7.49. The second-order valence-electron chi connectivity index (χ2n) is 7.49. The average molecular weight is 388 g/mol. The van der Waals surface area contributed by atoms with Gasteiger partial charge in [-0.2, -0.15) is 0 Å². The Morgan fingerprint density at radius 1 is 1.29 bits per heavy atom. The molecule has 2 aliphatic heterocycles. The molecule has 0 saturated carbocycles. The van der Waals surface area contributed by atoms with Crippen molar-refractivity contribution in [1.82, 2.24) is 9.88 Å². The van der Waals surface area contributed by atoms with Crippen molar-refractivity contribution in [2.75, 3.05) is 33.9 Å². The fourth-order valence-electron chi connectivity index (χ4n) is 3.94. The SMILES string of the molecule is CCC1(O)COC2(CN(C(=O)c3ncoc3-c3ccc(OC)c(OC)c3)C2)C1. The van der Waals surface area contributed by atoms with Gasteiger partial charge in [0, 0.05) is 12.0 Å². The van der Waals surface area contributed by atoms with Crippen LogP contribution < -0.4 is 9.47 Å². The molecule has 1 spiro atoms. The molecule has 1 N–H and O–H groups in total. The molecule has 3 heterocycles. The Balaban J connectivity index is 1.52. The number of amides is 1. The van der Waals surface area contributed by atoms with Gasteiger partial charge < -0.3 is 28.6 Å². The highest BCUT2D eigenvalue weighted by Crippen LogP contribution is 2.42. The van der Waals surface area contributed by atoms with Gasteiger partial charge in [0.1, 0.15) is 5.60 Å². The lowest BCUT2D eigenvalue weighted by atomic mass is 9.83. The van der Waals surface area contributed by atoms with Crippen LogP contribution in [0.2, 0.25) is 0 Å². The van der Waals surface area contributed by atoms with E-state index in [9.17, 15) is 9.90 Å². The summed E-state index contributed by atoms with van der Waals surface area (Å²) in [5.74, 6) is 1.28. The van der Waals surface area contributed by atoms with Crippen LogP contribution in [0, 0.1) is 0 Å². The van der Waals surface area contributed by atoms with E-state index in [0.29, 0.717) is 55.4 Å². The fourth-order valence-corrected chi connectivity index (χ4v) is 3.94. The number of carbonyl (C=O) groups is 1. The number of likely N-dealkylation sites (tertiary alicyclic amines) is 1. The fraction of sp³-hybridized carbons (Fsp3) is 0.500. The number of hydrogen-bond acceptors (Lipinski definition) is 7. The number of methoxy groups -OCH3 is 2. The van der Waals surface area contributed by atoms with E-state index in [1.807, 2.05) is 6.92 Å². The van der Waals surface area contributed by atoms with Gasteiger partial charge in [-0.1, -0.05) is 6.92 Å². The number of aliphatic hydroxyl groups is 1. The molecule has 150 valence electrons. The maximum absolute atomic E-state index is 13.0. The summed E-state index contributed by atoms with van der Waals surface area (Å²) in [5, 5.41) is 10.4. The molecule has 8 heteroatoms. The minimum Gasteiger partial charge on any atom is -0.493 e. The zero-order valence-electron chi connectivity index (χ0n) is 16.2. The number of rotatable bonds is 5. The highest BCUT2D eigenvalue weighted by molar-refractivity contribution is 5.98. The molecule has 1 atom stereocenters. The van der Waals surface area contributed by atoms with Crippen LogP contribution in [0.1, 0.15) is 30.3 Å². The summed E-state index contributed by atoms with van der Waals surface area (Å²) in [6.07, 6.45) is 2.44. The first-order chi connectivity index (χ1) is 13.4. The van der Waals surface area contributed by atoms with Crippen LogP contribution in [0.15, 0.2) is 29.0 Å². The summed E-state index contributed by atoms with van der Waals surface area (Å²) >= 11 is 0.